The van der Waals surface area contributed by atoms with E-state index >= 15 is 0 Å². The van der Waals surface area contributed by atoms with Gasteiger partial charge in [0.1, 0.15) is 0 Å². The molecule has 1 aliphatic carbocycles. The van der Waals surface area contributed by atoms with Crippen LogP contribution in [0.15, 0.2) is 0 Å². The van der Waals surface area contributed by atoms with E-state index in [-0.39, 0.29) is 6.10 Å². The van der Waals surface area contributed by atoms with Crippen LogP contribution in [0.5, 0.6) is 0 Å². The first-order valence-electron chi connectivity index (χ1n) is 3.93. The number of aliphatic hydroxyl groups is 1. The molecule has 9 heavy (non-hydrogen) atoms. The highest BCUT2D eigenvalue weighted by Crippen LogP contribution is 2.38. The van der Waals surface area contributed by atoms with Crippen molar-refractivity contribution in [2.45, 2.75) is 39.2 Å². The molecule has 0 aromatic heterocycles. The molecule has 0 aromatic rings. The molecular formula is C8H16O. The van der Waals surface area contributed by atoms with Crippen LogP contribution in [0.25, 0.3) is 0 Å². The average Bonchev–Trinajstić information content (AvgIpc) is 2.66. The zero-order valence-corrected chi connectivity index (χ0v) is 6.30. The highest BCUT2D eigenvalue weighted by molar-refractivity contribution is 4.82. The van der Waals surface area contributed by atoms with Crippen molar-refractivity contribution in [3.63, 3.8) is 0 Å². The smallest absolute Gasteiger partial charge is 0.0565 e. The van der Waals surface area contributed by atoms with Crippen LogP contribution in [0.2, 0.25) is 0 Å². The van der Waals surface area contributed by atoms with Gasteiger partial charge in [0, 0.05) is 0 Å². The van der Waals surface area contributed by atoms with Gasteiger partial charge in [0.2, 0.25) is 0 Å². The standard InChI is InChI=1S/C8H16O/c1-3-8(9)6(2)7-4-5-7/h6-9H,3-5H2,1-2H3. The van der Waals surface area contributed by atoms with Crippen molar-refractivity contribution in [3.8, 4) is 0 Å². The summed E-state index contributed by atoms with van der Waals surface area (Å²) in [5.41, 5.74) is 0. The Balaban J connectivity index is 2.22. The topological polar surface area (TPSA) is 20.2 Å². The largest absolute Gasteiger partial charge is 0.393 e. The zero-order chi connectivity index (χ0) is 6.85. The minimum Gasteiger partial charge on any atom is -0.393 e. The molecule has 0 aliphatic heterocycles. The van der Waals surface area contributed by atoms with Crippen molar-refractivity contribution in [1.82, 2.24) is 0 Å². The summed E-state index contributed by atoms with van der Waals surface area (Å²) in [6.07, 6.45) is 3.56. The summed E-state index contributed by atoms with van der Waals surface area (Å²) in [5.74, 6) is 1.40. The third-order valence-electron chi connectivity index (χ3n) is 2.39. The molecule has 1 heteroatoms. The second kappa shape index (κ2) is 2.70. The van der Waals surface area contributed by atoms with E-state index < -0.39 is 0 Å². The molecule has 2 atom stereocenters. The molecule has 1 rings (SSSR count). The van der Waals surface area contributed by atoms with Gasteiger partial charge in [0.05, 0.1) is 6.10 Å². The van der Waals surface area contributed by atoms with Gasteiger partial charge in [0.15, 0.2) is 0 Å². The van der Waals surface area contributed by atoms with Crippen molar-refractivity contribution >= 4 is 0 Å². The van der Waals surface area contributed by atoms with Crippen LogP contribution in [0.4, 0.5) is 0 Å². The van der Waals surface area contributed by atoms with Crippen molar-refractivity contribution in [3.05, 3.63) is 0 Å². The van der Waals surface area contributed by atoms with Gasteiger partial charge in [-0.2, -0.15) is 0 Å². The highest BCUT2D eigenvalue weighted by Gasteiger charge is 2.31. The zero-order valence-electron chi connectivity index (χ0n) is 6.30. The van der Waals surface area contributed by atoms with Crippen LogP contribution in [-0.4, -0.2) is 11.2 Å². The maximum absolute atomic E-state index is 9.34. The van der Waals surface area contributed by atoms with Gasteiger partial charge < -0.3 is 5.11 Å². The number of hydrogen-bond acceptors (Lipinski definition) is 1. The first-order chi connectivity index (χ1) is 4.25. The van der Waals surface area contributed by atoms with Crippen LogP contribution in [-0.2, 0) is 0 Å². The summed E-state index contributed by atoms with van der Waals surface area (Å²) in [7, 11) is 0. The predicted molar refractivity (Wildman–Crippen MR) is 38.2 cm³/mol. The Morgan fingerprint density at radius 2 is 2.11 bits per heavy atom. The molecule has 0 aromatic carbocycles. The molecule has 1 saturated carbocycles. The van der Waals surface area contributed by atoms with Crippen LogP contribution in [0, 0.1) is 11.8 Å². The van der Waals surface area contributed by atoms with Crippen LogP contribution >= 0.6 is 0 Å². The number of hydrogen-bond donors (Lipinski definition) is 1. The normalized spacial score (nSPS) is 25.7. The van der Waals surface area contributed by atoms with Crippen LogP contribution in [0.3, 0.4) is 0 Å². The highest BCUT2D eigenvalue weighted by atomic mass is 16.3. The van der Waals surface area contributed by atoms with Crippen molar-refractivity contribution in [1.29, 1.82) is 0 Å². The molecule has 0 amide bonds. The van der Waals surface area contributed by atoms with Gasteiger partial charge >= 0.3 is 0 Å². The van der Waals surface area contributed by atoms with E-state index in [0.29, 0.717) is 5.92 Å². The second-order valence-electron chi connectivity index (χ2n) is 3.17. The quantitative estimate of drug-likeness (QED) is 0.614. The Hall–Kier alpha value is -0.0400. The lowest BCUT2D eigenvalue weighted by molar-refractivity contribution is 0.101. The van der Waals surface area contributed by atoms with E-state index in [1.807, 2.05) is 6.92 Å². The summed E-state index contributed by atoms with van der Waals surface area (Å²) in [4.78, 5) is 0. The van der Waals surface area contributed by atoms with Gasteiger partial charge in [-0.3, -0.25) is 0 Å². The minimum absolute atomic E-state index is 0.0440. The fourth-order valence-corrected chi connectivity index (χ4v) is 1.31. The first-order valence-corrected chi connectivity index (χ1v) is 3.93. The van der Waals surface area contributed by atoms with Gasteiger partial charge in [-0.25, -0.2) is 0 Å². The van der Waals surface area contributed by atoms with E-state index in [1.165, 1.54) is 12.8 Å². The summed E-state index contributed by atoms with van der Waals surface area (Å²) >= 11 is 0. The van der Waals surface area contributed by atoms with E-state index in [1.54, 1.807) is 0 Å². The molecule has 2 unspecified atom stereocenters. The second-order valence-corrected chi connectivity index (χ2v) is 3.17. The summed E-state index contributed by atoms with van der Waals surface area (Å²) in [6.45, 7) is 4.20. The fraction of sp³-hybridized carbons (Fsp3) is 1.00. The minimum atomic E-state index is -0.0440. The molecule has 0 radical (unpaired) electrons. The van der Waals surface area contributed by atoms with Gasteiger partial charge in [-0.15, -0.1) is 0 Å². The van der Waals surface area contributed by atoms with Crippen molar-refractivity contribution in [2.75, 3.05) is 0 Å². The molecule has 54 valence electrons. The van der Waals surface area contributed by atoms with E-state index in [0.717, 1.165) is 12.3 Å². The Morgan fingerprint density at radius 1 is 1.56 bits per heavy atom. The van der Waals surface area contributed by atoms with E-state index in [4.69, 9.17) is 0 Å². The number of aliphatic hydroxyl groups excluding tert-OH is 1. The molecule has 1 N–H and O–H groups in total. The molecule has 1 aliphatic rings. The van der Waals surface area contributed by atoms with Crippen molar-refractivity contribution in [2.24, 2.45) is 11.8 Å². The molecule has 0 saturated heterocycles. The Morgan fingerprint density at radius 3 is 2.44 bits per heavy atom. The summed E-state index contributed by atoms with van der Waals surface area (Å²) in [6, 6.07) is 0. The van der Waals surface area contributed by atoms with E-state index in [9.17, 15) is 5.11 Å². The third kappa shape index (κ3) is 1.68. The maximum atomic E-state index is 9.34. The first kappa shape index (κ1) is 7.07. The summed E-state index contributed by atoms with van der Waals surface area (Å²) in [5, 5.41) is 9.34. The lowest BCUT2D eigenvalue weighted by Gasteiger charge is -2.15. The summed E-state index contributed by atoms with van der Waals surface area (Å²) < 4.78 is 0. The molecule has 1 fully saturated rings. The number of rotatable bonds is 3. The lowest BCUT2D eigenvalue weighted by atomic mass is 9.98. The molecule has 1 nitrogen and oxygen atoms in total. The third-order valence-corrected chi connectivity index (χ3v) is 2.39. The fourth-order valence-electron chi connectivity index (χ4n) is 1.31. The molecule has 0 bridgehead atoms. The molecule has 0 spiro atoms. The van der Waals surface area contributed by atoms with Gasteiger partial charge in [-0.1, -0.05) is 13.8 Å². The van der Waals surface area contributed by atoms with Crippen LogP contribution < -0.4 is 0 Å². The monoisotopic (exact) mass is 128 g/mol. The lowest BCUT2D eigenvalue weighted by Crippen LogP contribution is -2.17. The van der Waals surface area contributed by atoms with Crippen LogP contribution in [0.1, 0.15) is 33.1 Å². The SMILES string of the molecule is CCC(O)C(C)C1CC1. The maximum Gasteiger partial charge on any atom is 0.0565 e. The molecular weight excluding hydrogens is 112 g/mol. The predicted octanol–water partition coefficient (Wildman–Crippen LogP) is 1.80. The van der Waals surface area contributed by atoms with Gasteiger partial charge in [0.25, 0.3) is 0 Å². The Kier molecular flexibility index (Phi) is 2.12. The van der Waals surface area contributed by atoms with E-state index in [2.05, 4.69) is 6.92 Å². The average molecular weight is 128 g/mol. The Bertz CT molecular complexity index is 86.6. The molecule has 0 heterocycles. The van der Waals surface area contributed by atoms with Crippen molar-refractivity contribution < 1.29 is 5.11 Å². The Labute approximate surface area is 57.1 Å². The van der Waals surface area contributed by atoms with Gasteiger partial charge in [-0.05, 0) is 31.1 Å².